The minimum absolute atomic E-state index is 0.0723. The third-order valence-corrected chi connectivity index (χ3v) is 5.19. The second-order valence-corrected chi connectivity index (χ2v) is 6.97. The van der Waals surface area contributed by atoms with Gasteiger partial charge in [0, 0.05) is 39.3 Å². The highest BCUT2D eigenvalue weighted by atomic mass is 16.2. The molecule has 0 radical (unpaired) electrons. The van der Waals surface area contributed by atoms with Crippen molar-refractivity contribution in [2.75, 3.05) is 31.1 Å². The molecule has 2 fully saturated rings. The Morgan fingerprint density at radius 1 is 1.16 bits per heavy atom. The second-order valence-electron chi connectivity index (χ2n) is 6.97. The first-order chi connectivity index (χ1) is 12.1. The maximum absolute atomic E-state index is 13.1. The van der Waals surface area contributed by atoms with E-state index in [-0.39, 0.29) is 23.8 Å². The van der Waals surface area contributed by atoms with E-state index in [1.807, 2.05) is 17.0 Å². The van der Waals surface area contributed by atoms with Crippen LogP contribution in [0, 0.1) is 5.92 Å². The first kappa shape index (κ1) is 17.6. The molecule has 1 aromatic rings. The normalized spacial score (nSPS) is 20.2. The predicted molar refractivity (Wildman–Crippen MR) is 95.0 cm³/mol. The van der Waals surface area contributed by atoms with Crippen LogP contribution in [0.5, 0.6) is 0 Å². The summed E-state index contributed by atoms with van der Waals surface area (Å²) in [4.78, 5) is 28.8. The van der Waals surface area contributed by atoms with Gasteiger partial charge in [0.2, 0.25) is 11.8 Å². The Kier molecular flexibility index (Phi) is 5.83. The molecule has 1 aliphatic heterocycles. The van der Waals surface area contributed by atoms with Crippen LogP contribution in [0.25, 0.3) is 0 Å². The molecule has 25 heavy (non-hydrogen) atoms. The third-order valence-electron chi connectivity index (χ3n) is 5.19. The van der Waals surface area contributed by atoms with E-state index in [2.05, 4.69) is 20.4 Å². The van der Waals surface area contributed by atoms with Crippen LogP contribution in [0.1, 0.15) is 39.0 Å². The number of aromatic nitrogens is 2. The molecule has 2 amide bonds. The van der Waals surface area contributed by atoms with Gasteiger partial charge in [-0.2, -0.15) is 5.10 Å². The summed E-state index contributed by atoms with van der Waals surface area (Å²) in [5, 5.41) is 11.0. The van der Waals surface area contributed by atoms with E-state index in [4.69, 9.17) is 0 Å². The predicted octanol–water partition coefficient (Wildman–Crippen LogP) is 1.21. The van der Waals surface area contributed by atoms with Crippen LogP contribution in [0.3, 0.4) is 0 Å². The molecule has 1 N–H and O–H groups in total. The van der Waals surface area contributed by atoms with Crippen LogP contribution in [-0.2, 0) is 9.59 Å². The molecule has 1 saturated carbocycles. The summed E-state index contributed by atoms with van der Waals surface area (Å²) in [6.45, 7) is 4.46. The van der Waals surface area contributed by atoms with Gasteiger partial charge < -0.3 is 15.1 Å². The van der Waals surface area contributed by atoms with Crippen molar-refractivity contribution in [2.24, 2.45) is 5.92 Å². The number of hydrogen-bond donors (Lipinski definition) is 1. The van der Waals surface area contributed by atoms with Crippen LogP contribution >= 0.6 is 0 Å². The number of carbonyl (C=O) groups excluding carboxylic acids is 2. The summed E-state index contributed by atoms with van der Waals surface area (Å²) >= 11 is 0. The Morgan fingerprint density at radius 2 is 1.96 bits per heavy atom. The van der Waals surface area contributed by atoms with Gasteiger partial charge in [-0.25, -0.2) is 0 Å². The zero-order chi connectivity index (χ0) is 17.6. The number of carbonyl (C=O) groups is 2. The van der Waals surface area contributed by atoms with Gasteiger partial charge in [-0.05, 0) is 37.3 Å². The molecule has 1 saturated heterocycles. The topological polar surface area (TPSA) is 78.4 Å². The van der Waals surface area contributed by atoms with Crippen molar-refractivity contribution in [1.29, 1.82) is 0 Å². The van der Waals surface area contributed by atoms with Crippen molar-refractivity contribution in [3.63, 3.8) is 0 Å². The molecule has 1 aliphatic carbocycles. The highest BCUT2D eigenvalue weighted by Crippen LogP contribution is 2.29. The maximum atomic E-state index is 13.1. The van der Waals surface area contributed by atoms with Crippen LogP contribution < -0.4 is 10.2 Å². The fraction of sp³-hybridized carbons (Fsp3) is 0.667. The molecule has 0 aromatic carbocycles. The van der Waals surface area contributed by atoms with Gasteiger partial charge in [-0.3, -0.25) is 9.59 Å². The molecule has 0 spiro atoms. The molecule has 7 heteroatoms. The lowest BCUT2D eigenvalue weighted by atomic mass is 9.96. The van der Waals surface area contributed by atoms with Gasteiger partial charge in [-0.1, -0.05) is 12.8 Å². The summed E-state index contributed by atoms with van der Waals surface area (Å²) in [5.74, 6) is 1.08. The van der Waals surface area contributed by atoms with E-state index in [0.717, 1.165) is 57.6 Å². The number of nitrogens with one attached hydrogen (secondary N) is 1. The molecule has 1 atom stereocenters. The lowest BCUT2D eigenvalue weighted by Gasteiger charge is -2.30. The van der Waals surface area contributed by atoms with Gasteiger partial charge in [0.1, 0.15) is 6.04 Å². The molecule has 1 aromatic heterocycles. The molecular weight excluding hydrogens is 318 g/mol. The Morgan fingerprint density at radius 3 is 2.64 bits per heavy atom. The number of amides is 2. The maximum Gasteiger partial charge on any atom is 0.245 e. The molecule has 0 bridgehead atoms. The van der Waals surface area contributed by atoms with E-state index in [1.54, 1.807) is 6.20 Å². The fourth-order valence-electron chi connectivity index (χ4n) is 3.92. The Bertz CT molecular complexity index is 588. The number of hydrogen-bond acceptors (Lipinski definition) is 5. The van der Waals surface area contributed by atoms with E-state index < -0.39 is 0 Å². The lowest BCUT2D eigenvalue weighted by molar-refractivity contribution is -0.137. The lowest BCUT2D eigenvalue weighted by Crippen LogP contribution is -2.52. The Labute approximate surface area is 148 Å². The zero-order valence-electron chi connectivity index (χ0n) is 14.9. The van der Waals surface area contributed by atoms with Crippen molar-refractivity contribution in [3.05, 3.63) is 18.3 Å². The van der Waals surface area contributed by atoms with Gasteiger partial charge in [-0.15, -0.1) is 5.10 Å². The molecule has 3 rings (SSSR count). The summed E-state index contributed by atoms with van der Waals surface area (Å²) in [6.07, 6.45) is 6.89. The molecular formula is C18H27N5O2. The monoisotopic (exact) mass is 345 g/mol. The average Bonchev–Trinajstić information content (AvgIpc) is 3.03. The number of rotatable bonds is 4. The van der Waals surface area contributed by atoms with Crippen LogP contribution in [-0.4, -0.2) is 59.1 Å². The van der Waals surface area contributed by atoms with Crippen LogP contribution in [0.2, 0.25) is 0 Å². The molecule has 1 unspecified atom stereocenters. The van der Waals surface area contributed by atoms with Crippen molar-refractivity contribution in [1.82, 2.24) is 20.4 Å². The minimum Gasteiger partial charge on any atom is -0.353 e. The summed E-state index contributed by atoms with van der Waals surface area (Å²) in [5.41, 5.74) is 0. The molecule has 7 nitrogen and oxygen atoms in total. The summed E-state index contributed by atoms with van der Waals surface area (Å²) < 4.78 is 0. The summed E-state index contributed by atoms with van der Waals surface area (Å²) in [7, 11) is 0. The van der Waals surface area contributed by atoms with Crippen molar-refractivity contribution in [3.8, 4) is 0 Å². The quantitative estimate of drug-likeness (QED) is 0.887. The van der Waals surface area contributed by atoms with E-state index in [1.165, 1.54) is 6.92 Å². The van der Waals surface area contributed by atoms with Gasteiger partial charge >= 0.3 is 0 Å². The van der Waals surface area contributed by atoms with E-state index in [0.29, 0.717) is 6.54 Å². The highest BCUT2D eigenvalue weighted by Gasteiger charge is 2.34. The highest BCUT2D eigenvalue weighted by molar-refractivity contribution is 5.87. The molecule has 2 heterocycles. The fourth-order valence-corrected chi connectivity index (χ4v) is 3.92. The van der Waals surface area contributed by atoms with E-state index >= 15 is 0 Å². The first-order valence-corrected chi connectivity index (χ1v) is 9.23. The zero-order valence-corrected chi connectivity index (χ0v) is 14.9. The van der Waals surface area contributed by atoms with Crippen molar-refractivity contribution < 1.29 is 9.59 Å². The number of nitrogens with zero attached hydrogens (tertiary/aromatic N) is 4. The van der Waals surface area contributed by atoms with Gasteiger partial charge in [0.15, 0.2) is 5.82 Å². The second kappa shape index (κ2) is 8.27. The Hall–Kier alpha value is -2.18. The van der Waals surface area contributed by atoms with Crippen molar-refractivity contribution in [2.45, 2.75) is 45.1 Å². The van der Waals surface area contributed by atoms with Gasteiger partial charge in [0.05, 0.1) is 0 Å². The standard InChI is InChI=1S/C18H27N5O2/c1-14(24)20-17(15-6-2-3-7-15)18(25)23-11-5-10-22(12-13-23)16-8-4-9-19-21-16/h4,8-9,15,17H,2-3,5-7,10-13H2,1H3,(H,20,24). The average molecular weight is 345 g/mol. The largest absolute Gasteiger partial charge is 0.353 e. The Balaban J connectivity index is 1.65. The van der Waals surface area contributed by atoms with Gasteiger partial charge in [0.25, 0.3) is 0 Å². The van der Waals surface area contributed by atoms with Crippen LogP contribution in [0.4, 0.5) is 5.82 Å². The molecule has 2 aliphatic rings. The SMILES string of the molecule is CC(=O)NC(C(=O)N1CCCN(c2cccnn2)CC1)C1CCCC1. The third kappa shape index (κ3) is 4.46. The summed E-state index contributed by atoms with van der Waals surface area (Å²) in [6, 6.07) is 3.45. The first-order valence-electron chi connectivity index (χ1n) is 9.23. The number of anilines is 1. The minimum atomic E-state index is -0.372. The van der Waals surface area contributed by atoms with Crippen LogP contribution in [0.15, 0.2) is 18.3 Å². The van der Waals surface area contributed by atoms with E-state index in [9.17, 15) is 9.59 Å². The smallest absolute Gasteiger partial charge is 0.245 e. The molecule has 136 valence electrons. The van der Waals surface area contributed by atoms with Crippen molar-refractivity contribution >= 4 is 17.6 Å².